The lowest BCUT2D eigenvalue weighted by Crippen LogP contribution is -2.15. The van der Waals surface area contributed by atoms with Crippen molar-refractivity contribution in [3.63, 3.8) is 0 Å². The molecule has 8 nitrogen and oxygen atoms in total. The molecule has 0 aliphatic carbocycles. The highest BCUT2D eigenvalue weighted by Crippen LogP contribution is 2.35. The van der Waals surface area contributed by atoms with Gasteiger partial charge in [-0.2, -0.15) is 5.10 Å². The van der Waals surface area contributed by atoms with E-state index >= 15 is 0 Å². The summed E-state index contributed by atoms with van der Waals surface area (Å²) >= 11 is 0. The van der Waals surface area contributed by atoms with Crippen LogP contribution in [0.3, 0.4) is 0 Å². The molecule has 1 atom stereocenters. The van der Waals surface area contributed by atoms with E-state index in [2.05, 4.69) is 14.8 Å². The van der Waals surface area contributed by atoms with E-state index in [9.17, 15) is 12.8 Å². The van der Waals surface area contributed by atoms with Gasteiger partial charge in [-0.15, -0.1) is 0 Å². The molecule has 0 bridgehead atoms. The number of sulfonamides is 1. The van der Waals surface area contributed by atoms with Crippen LogP contribution in [0.25, 0.3) is 11.3 Å². The topological polar surface area (TPSA) is 95.3 Å². The van der Waals surface area contributed by atoms with Gasteiger partial charge in [-0.3, -0.25) is 9.40 Å². The van der Waals surface area contributed by atoms with Gasteiger partial charge in [-0.05, 0) is 44.2 Å². The molecule has 2 aromatic heterocycles. The van der Waals surface area contributed by atoms with Crippen LogP contribution in [0.4, 0.5) is 10.1 Å². The van der Waals surface area contributed by atoms with Gasteiger partial charge in [0.1, 0.15) is 23.1 Å². The average Bonchev–Trinajstić information content (AvgIpc) is 3.13. The second-order valence-electron chi connectivity index (χ2n) is 6.53. The standard InChI is InChI=1S/C19H19FN4O4S/c1-3-27-17-5-4-13(20)8-18(17)29(25,26)23-14-9-15-16-6-7-22-24(16)12(2)11-28-19(15)21-10-14/h4-10,12,23H,3,11H2,1-2H3/t12-/m1/s1. The fourth-order valence-corrected chi connectivity index (χ4v) is 4.32. The van der Waals surface area contributed by atoms with Crippen LogP contribution >= 0.6 is 0 Å². The molecular formula is C19H19FN4O4S. The van der Waals surface area contributed by atoms with Crippen molar-refractivity contribution in [2.75, 3.05) is 17.9 Å². The third kappa shape index (κ3) is 3.63. The molecule has 3 aromatic rings. The molecule has 0 fully saturated rings. The van der Waals surface area contributed by atoms with Crippen molar-refractivity contribution in [2.45, 2.75) is 24.8 Å². The number of nitrogens with zero attached hydrogens (tertiary/aromatic N) is 3. The van der Waals surface area contributed by atoms with E-state index in [1.165, 1.54) is 12.3 Å². The van der Waals surface area contributed by atoms with Crippen LogP contribution in [-0.4, -0.2) is 36.4 Å². The van der Waals surface area contributed by atoms with Crippen LogP contribution in [0, 0.1) is 5.82 Å². The molecule has 1 aliphatic rings. The summed E-state index contributed by atoms with van der Waals surface area (Å²) in [5.41, 5.74) is 1.58. The molecule has 1 aromatic carbocycles. The Hall–Kier alpha value is -3.14. The Labute approximate surface area is 167 Å². The van der Waals surface area contributed by atoms with Crippen LogP contribution in [0.15, 0.2) is 47.6 Å². The fraction of sp³-hybridized carbons (Fsp3) is 0.263. The molecule has 29 heavy (non-hydrogen) atoms. The number of pyridine rings is 1. The SMILES string of the molecule is CCOc1ccc(F)cc1S(=O)(=O)Nc1cnc2c(c1)-c1ccnn1[C@H](C)CO2. The number of ether oxygens (including phenoxy) is 2. The first kappa shape index (κ1) is 19.2. The van der Waals surface area contributed by atoms with Gasteiger partial charge in [0.25, 0.3) is 10.0 Å². The third-order valence-corrected chi connectivity index (χ3v) is 5.83. The average molecular weight is 418 g/mol. The van der Waals surface area contributed by atoms with E-state index in [0.29, 0.717) is 18.1 Å². The number of hydrogen-bond donors (Lipinski definition) is 1. The third-order valence-electron chi connectivity index (χ3n) is 4.42. The van der Waals surface area contributed by atoms with Gasteiger partial charge in [-0.1, -0.05) is 0 Å². The Morgan fingerprint density at radius 2 is 2.17 bits per heavy atom. The number of benzene rings is 1. The van der Waals surface area contributed by atoms with Crippen molar-refractivity contribution in [1.29, 1.82) is 0 Å². The zero-order chi connectivity index (χ0) is 20.6. The minimum Gasteiger partial charge on any atom is -0.492 e. The number of aromatic nitrogens is 3. The molecule has 0 spiro atoms. The molecule has 10 heteroatoms. The maximum atomic E-state index is 13.7. The first-order valence-electron chi connectivity index (χ1n) is 9.01. The van der Waals surface area contributed by atoms with Gasteiger partial charge in [0.2, 0.25) is 5.88 Å². The van der Waals surface area contributed by atoms with E-state index < -0.39 is 15.8 Å². The first-order valence-corrected chi connectivity index (χ1v) is 10.5. The lowest BCUT2D eigenvalue weighted by molar-refractivity contribution is 0.252. The van der Waals surface area contributed by atoms with Gasteiger partial charge in [-0.25, -0.2) is 17.8 Å². The molecular weight excluding hydrogens is 399 g/mol. The van der Waals surface area contributed by atoms with Crippen LogP contribution in [0.5, 0.6) is 11.6 Å². The highest BCUT2D eigenvalue weighted by Gasteiger charge is 2.25. The van der Waals surface area contributed by atoms with Crippen molar-refractivity contribution in [2.24, 2.45) is 0 Å². The second-order valence-corrected chi connectivity index (χ2v) is 8.18. The Balaban J connectivity index is 1.73. The molecule has 0 saturated heterocycles. The lowest BCUT2D eigenvalue weighted by atomic mass is 10.2. The Bertz CT molecular complexity index is 1160. The quantitative estimate of drug-likeness (QED) is 0.684. The summed E-state index contributed by atoms with van der Waals surface area (Å²) in [4.78, 5) is 3.96. The number of rotatable bonds is 5. The Kier molecular flexibility index (Phi) is 4.87. The van der Waals surface area contributed by atoms with E-state index in [1.54, 1.807) is 23.9 Å². The van der Waals surface area contributed by atoms with Crippen LogP contribution in [-0.2, 0) is 10.0 Å². The summed E-state index contributed by atoms with van der Waals surface area (Å²) in [5.74, 6) is -0.223. The van der Waals surface area contributed by atoms with Crippen LogP contribution < -0.4 is 14.2 Å². The maximum absolute atomic E-state index is 13.7. The molecule has 152 valence electrons. The van der Waals surface area contributed by atoms with Gasteiger partial charge in [0.05, 0.1) is 35.8 Å². The van der Waals surface area contributed by atoms with Gasteiger partial charge >= 0.3 is 0 Å². The summed E-state index contributed by atoms with van der Waals surface area (Å²) in [5, 5.41) is 4.30. The van der Waals surface area contributed by atoms with Crippen LogP contribution in [0.1, 0.15) is 19.9 Å². The normalized spacial score (nSPS) is 15.6. The van der Waals surface area contributed by atoms with Crippen LogP contribution in [0.2, 0.25) is 0 Å². The van der Waals surface area contributed by atoms with Crippen molar-refractivity contribution in [1.82, 2.24) is 14.8 Å². The summed E-state index contributed by atoms with van der Waals surface area (Å²) in [6, 6.07) is 6.78. The minimum atomic E-state index is -4.12. The molecule has 4 rings (SSSR count). The smallest absolute Gasteiger partial charge is 0.265 e. The summed E-state index contributed by atoms with van der Waals surface area (Å²) < 4.78 is 54.8. The van der Waals surface area contributed by atoms with E-state index in [0.717, 1.165) is 17.8 Å². The fourth-order valence-electron chi connectivity index (χ4n) is 3.13. The largest absolute Gasteiger partial charge is 0.492 e. The summed E-state index contributed by atoms with van der Waals surface area (Å²) in [6.07, 6.45) is 3.02. The number of hydrogen-bond acceptors (Lipinski definition) is 6. The number of fused-ring (bicyclic) bond motifs is 3. The zero-order valence-corrected chi connectivity index (χ0v) is 16.6. The van der Waals surface area contributed by atoms with E-state index in [4.69, 9.17) is 9.47 Å². The summed E-state index contributed by atoms with van der Waals surface area (Å²) in [7, 11) is -4.12. The number of nitrogens with one attached hydrogen (secondary N) is 1. The van der Waals surface area contributed by atoms with E-state index in [1.807, 2.05) is 13.0 Å². The van der Waals surface area contributed by atoms with Crippen molar-refractivity contribution >= 4 is 15.7 Å². The minimum absolute atomic E-state index is 0.00427. The highest BCUT2D eigenvalue weighted by atomic mass is 32.2. The molecule has 0 amide bonds. The molecule has 0 saturated carbocycles. The van der Waals surface area contributed by atoms with Gasteiger partial charge < -0.3 is 9.47 Å². The molecule has 1 N–H and O–H groups in total. The van der Waals surface area contributed by atoms with E-state index in [-0.39, 0.29) is 29.0 Å². The second kappa shape index (κ2) is 7.36. The molecule has 0 radical (unpaired) electrons. The number of anilines is 1. The molecule has 0 unspecified atom stereocenters. The zero-order valence-electron chi connectivity index (χ0n) is 15.8. The highest BCUT2D eigenvalue weighted by molar-refractivity contribution is 7.92. The lowest BCUT2D eigenvalue weighted by Gasteiger charge is -2.14. The Morgan fingerprint density at radius 1 is 1.34 bits per heavy atom. The molecule has 1 aliphatic heterocycles. The van der Waals surface area contributed by atoms with Gasteiger partial charge in [0.15, 0.2) is 0 Å². The van der Waals surface area contributed by atoms with Gasteiger partial charge in [0, 0.05) is 6.20 Å². The van der Waals surface area contributed by atoms with Crippen molar-refractivity contribution in [3.05, 3.63) is 48.5 Å². The first-order chi connectivity index (χ1) is 13.9. The van der Waals surface area contributed by atoms with Crippen molar-refractivity contribution in [3.8, 4) is 22.9 Å². The number of halogens is 1. The predicted molar refractivity (Wildman–Crippen MR) is 104 cm³/mol. The predicted octanol–water partition coefficient (Wildman–Crippen LogP) is 3.24. The summed E-state index contributed by atoms with van der Waals surface area (Å²) in [6.45, 7) is 4.31. The maximum Gasteiger partial charge on any atom is 0.265 e. The van der Waals surface area contributed by atoms with Crippen molar-refractivity contribution < 1.29 is 22.3 Å². The monoisotopic (exact) mass is 418 g/mol. The Morgan fingerprint density at radius 3 is 2.97 bits per heavy atom. The molecule has 3 heterocycles.